The van der Waals surface area contributed by atoms with Gasteiger partial charge in [-0.3, -0.25) is 4.79 Å². The molecule has 1 unspecified atom stereocenters. The number of hydrogen-bond donors (Lipinski definition) is 1. The Morgan fingerprint density at radius 3 is 2.61 bits per heavy atom. The van der Waals surface area contributed by atoms with Gasteiger partial charge in [0.25, 0.3) is 5.91 Å². The summed E-state index contributed by atoms with van der Waals surface area (Å²) in [6.07, 6.45) is 0.515. The third-order valence-electron chi connectivity index (χ3n) is 2.73. The molecule has 0 saturated heterocycles. The van der Waals surface area contributed by atoms with E-state index in [0.717, 1.165) is 17.2 Å². The first-order valence-electron chi connectivity index (χ1n) is 5.72. The van der Waals surface area contributed by atoms with Gasteiger partial charge in [0.1, 0.15) is 4.88 Å². The number of nitrogens with zero attached hydrogens (tertiary/aromatic N) is 3. The van der Waals surface area contributed by atoms with Gasteiger partial charge in [-0.2, -0.15) is 0 Å². The lowest BCUT2D eigenvalue weighted by atomic mass is 10.1. The van der Waals surface area contributed by atoms with Crippen molar-refractivity contribution in [2.24, 2.45) is 5.73 Å². The average Bonchev–Trinajstić information content (AvgIpc) is 2.74. The lowest BCUT2D eigenvalue weighted by molar-refractivity contribution is 0.0751. The van der Waals surface area contributed by atoms with Crippen molar-refractivity contribution in [2.75, 3.05) is 7.05 Å². The maximum absolute atomic E-state index is 12.3. The molecule has 0 radical (unpaired) electrons. The smallest absolute Gasteiger partial charge is 0.267 e. The summed E-state index contributed by atoms with van der Waals surface area (Å²) < 4.78 is 3.86. The highest BCUT2D eigenvalue weighted by atomic mass is 32.1. The molecule has 0 aliphatic rings. The molecule has 0 bridgehead atoms. The molecule has 18 heavy (non-hydrogen) atoms. The SMILES string of the molecule is CC(C)c1nnsc1C(=O)N(C)C(C)CC(N)=S. The summed E-state index contributed by atoms with van der Waals surface area (Å²) in [5.74, 6) is 0.111. The van der Waals surface area contributed by atoms with Gasteiger partial charge < -0.3 is 10.6 Å². The first kappa shape index (κ1) is 15.0. The van der Waals surface area contributed by atoms with Gasteiger partial charge in [-0.05, 0) is 24.4 Å². The molecular formula is C11H18N4OS2. The van der Waals surface area contributed by atoms with Gasteiger partial charge in [-0.25, -0.2) is 0 Å². The van der Waals surface area contributed by atoms with Crippen LogP contribution < -0.4 is 5.73 Å². The van der Waals surface area contributed by atoms with Gasteiger partial charge in [0.05, 0.1) is 10.7 Å². The molecule has 1 aromatic rings. The number of hydrogen-bond acceptors (Lipinski definition) is 5. The van der Waals surface area contributed by atoms with Crippen molar-refractivity contribution in [2.45, 2.75) is 39.2 Å². The topological polar surface area (TPSA) is 72.1 Å². The van der Waals surface area contributed by atoms with Crippen LogP contribution in [-0.4, -0.2) is 38.5 Å². The van der Waals surface area contributed by atoms with Crippen LogP contribution in [0.1, 0.15) is 48.5 Å². The molecule has 1 heterocycles. The van der Waals surface area contributed by atoms with E-state index in [-0.39, 0.29) is 17.9 Å². The number of thiocarbonyl (C=S) groups is 1. The van der Waals surface area contributed by atoms with E-state index in [1.807, 2.05) is 20.8 Å². The van der Waals surface area contributed by atoms with Crippen molar-refractivity contribution in [3.8, 4) is 0 Å². The second-order valence-electron chi connectivity index (χ2n) is 4.58. The number of nitrogens with two attached hydrogens (primary N) is 1. The maximum atomic E-state index is 12.3. The molecule has 7 heteroatoms. The molecule has 5 nitrogen and oxygen atoms in total. The number of rotatable bonds is 5. The van der Waals surface area contributed by atoms with Crippen LogP contribution >= 0.6 is 23.8 Å². The lowest BCUT2D eigenvalue weighted by Gasteiger charge is -2.24. The molecule has 1 aromatic heterocycles. The Bertz CT molecular complexity index is 444. The van der Waals surface area contributed by atoms with E-state index in [1.165, 1.54) is 0 Å². The summed E-state index contributed by atoms with van der Waals surface area (Å²) in [7, 11) is 1.75. The Hall–Kier alpha value is -1.08. The molecule has 0 spiro atoms. The summed E-state index contributed by atoms with van der Waals surface area (Å²) >= 11 is 6.00. The Kier molecular flexibility index (Phi) is 5.15. The van der Waals surface area contributed by atoms with Gasteiger partial charge in [-0.1, -0.05) is 30.6 Å². The summed E-state index contributed by atoms with van der Waals surface area (Å²) in [6, 6.07) is -0.0305. The zero-order valence-electron chi connectivity index (χ0n) is 11.0. The Balaban J connectivity index is 2.86. The molecule has 0 aliphatic carbocycles. The minimum atomic E-state index is -0.0718. The minimum Gasteiger partial charge on any atom is -0.393 e. The first-order chi connectivity index (χ1) is 8.34. The summed E-state index contributed by atoms with van der Waals surface area (Å²) in [4.78, 5) is 15.0. The van der Waals surface area contributed by atoms with Crippen molar-refractivity contribution in [3.63, 3.8) is 0 Å². The molecular weight excluding hydrogens is 268 g/mol. The highest BCUT2D eigenvalue weighted by molar-refractivity contribution is 7.80. The van der Waals surface area contributed by atoms with Crippen molar-refractivity contribution in [1.82, 2.24) is 14.5 Å². The van der Waals surface area contributed by atoms with Crippen molar-refractivity contribution < 1.29 is 4.79 Å². The van der Waals surface area contributed by atoms with E-state index in [0.29, 0.717) is 16.3 Å². The Labute approximate surface area is 117 Å². The number of aromatic nitrogens is 2. The van der Waals surface area contributed by atoms with E-state index in [1.54, 1.807) is 11.9 Å². The maximum Gasteiger partial charge on any atom is 0.267 e. The van der Waals surface area contributed by atoms with E-state index in [9.17, 15) is 4.79 Å². The van der Waals surface area contributed by atoms with E-state index >= 15 is 0 Å². The molecule has 0 aromatic carbocycles. The largest absolute Gasteiger partial charge is 0.393 e. The number of carbonyl (C=O) groups is 1. The van der Waals surface area contributed by atoms with Crippen LogP contribution in [0.3, 0.4) is 0 Å². The number of carbonyl (C=O) groups excluding carboxylic acids is 1. The van der Waals surface area contributed by atoms with Crippen LogP contribution in [0.4, 0.5) is 0 Å². The summed E-state index contributed by atoms with van der Waals surface area (Å²) in [5.41, 5.74) is 6.25. The lowest BCUT2D eigenvalue weighted by Crippen LogP contribution is -2.37. The third kappa shape index (κ3) is 3.46. The van der Waals surface area contributed by atoms with Crippen LogP contribution in [0.2, 0.25) is 0 Å². The van der Waals surface area contributed by atoms with E-state index in [2.05, 4.69) is 9.59 Å². The third-order valence-corrected chi connectivity index (χ3v) is 3.63. The summed E-state index contributed by atoms with van der Waals surface area (Å²) in [5, 5.41) is 4.01. The highest BCUT2D eigenvalue weighted by Crippen LogP contribution is 2.22. The van der Waals surface area contributed by atoms with Crippen LogP contribution in [0.25, 0.3) is 0 Å². The first-order valence-corrected chi connectivity index (χ1v) is 6.90. The molecule has 1 amide bonds. The average molecular weight is 286 g/mol. The number of amides is 1. The monoisotopic (exact) mass is 286 g/mol. The van der Waals surface area contributed by atoms with Gasteiger partial charge in [0, 0.05) is 19.5 Å². The Morgan fingerprint density at radius 1 is 1.50 bits per heavy atom. The fourth-order valence-electron chi connectivity index (χ4n) is 1.51. The predicted molar refractivity (Wildman–Crippen MR) is 77.0 cm³/mol. The van der Waals surface area contributed by atoms with Crippen molar-refractivity contribution in [3.05, 3.63) is 10.6 Å². The van der Waals surface area contributed by atoms with Crippen LogP contribution in [0.5, 0.6) is 0 Å². The molecule has 100 valence electrons. The Morgan fingerprint density at radius 2 is 2.11 bits per heavy atom. The van der Waals surface area contributed by atoms with Crippen LogP contribution in [0, 0.1) is 0 Å². The fraction of sp³-hybridized carbons (Fsp3) is 0.636. The van der Waals surface area contributed by atoms with E-state index in [4.69, 9.17) is 18.0 Å². The fourth-order valence-corrected chi connectivity index (χ4v) is 2.56. The zero-order valence-corrected chi connectivity index (χ0v) is 12.6. The van der Waals surface area contributed by atoms with Crippen molar-refractivity contribution >= 4 is 34.6 Å². The molecule has 0 saturated carbocycles. The predicted octanol–water partition coefficient (Wildman–Crippen LogP) is 1.80. The highest BCUT2D eigenvalue weighted by Gasteiger charge is 2.24. The molecule has 1 atom stereocenters. The standard InChI is InChI=1S/C11H18N4OS2/c1-6(2)9-10(18-14-13-9)11(16)15(4)7(3)5-8(12)17/h6-7H,5H2,1-4H3,(H2,12,17). The second-order valence-corrected chi connectivity index (χ2v) is 5.86. The zero-order chi connectivity index (χ0) is 13.9. The quantitative estimate of drug-likeness (QED) is 0.836. The van der Waals surface area contributed by atoms with E-state index < -0.39 is 0 Å². The molecule has 0 fully saturated rings. The summed E-state index contributed by atoms with van der Waals surface area (Å²) in [6.45, 7) is 5.90. The van der Waals surface area contributed by atoms with Crippen LogP contribution in [-0.2, 0) is 0 Å². The normalized spacial score (nSPS) is 12.5. The van der Waals surface area contributed by atoms with Gasteiger partial charge in [0.2, 0.25) is 0 Å². The van der Waals surface area contributed by atoms with Gasteiger partial charge in [0.15, 0.2) is 0 Å². The second kappa shape index (κ2) is 6.19. The van der Waals surface area contributed by atoms with Gasteiger partial charge in [-0.15, -0.1) is 5.10 Å². The van der Waals surface area contributed by atoms with Crippen LogP contribution in [0.15, 0.2) is 0 Å². The molecule has 1 rings (SSSR count). The van der Waals surface area contributed by atoms with Gasteiger partial charge >= 0.3 is 0 Å². The minimum absolute atomic E-state index is 0.0305. The molecule has 0 aliphatic heterocycles. The molecule has 2 N–H and O–H groups in total. The van der Waals surface area contributed by atoms with Crippen molar-refractivity contribution in [1.29, 1.82) is 0 Å².